The minimum absolute atomic E-state index is 0.160. The molecule has 1 saturated heterocycles. The zero-order valence-electron chi connectivity index (χ0n) is 16.1. The number of nitrogens with zero attached hydrogens (tertiary/aromatic N) is 1. The van der Waals surface area contributed by atoms with Gasteiger partial charge in [-0.05, 0) is 49.5 Å². The summed E-state index contributed by atoms with van der Waals surface area (Å²) in [4.78, 5) is 15.3. The number of fused-ring (bicyclic) bond motifs is 4. The molecule has 2 aromatic rings. The predicted molar refractivity (Wildman–Crippen MR) is 116 cm³/mol. The van der Waals surface area contributed by atoms with Crippen LogP contribution in [0.2, 0.25) is 5.02 Å². The van der Waals surface area contributed by atoms with Gasteiger partial charge in [0, 0.05) is 29.9 Å². The molecule has 29 heavy (non-hydrogen) atoms. The number of hydrogen-bond acceptors (Lipinski definition) is 4. The summed E-state index contributed by atoms with van der Waals surface area (Å²) in [6.07, 6.45) is 0. The van der Waals surface area contributed by atoms with E-state index in [0.29, 0.717) is 29.0 Å². The molecule has 2 heterocycles. The van der Waals surface area contributed by atoms with Crippen LogP contribution in [0.3, 0.4) is 0 Å². The monoisotopic (exact) mass is 431 g/mol. The highest BCUT2D eigenvalue weighted by molar-refractivity contribution is 7.80. The van der Waals surface area contributed by atoms with Gasteiger partial charge in [0.25, 0.3) is 0 Å². The van der Waals surface area contributed by atoms with Gasteiger partial charge in [0.05, 0.1) is 12.6 Å². The molecule has 1 fully saturated rings. The number of rotatable bonds is 5. The molecule has 2 aromatic carbocycles. The maximum Gasteiger partial charge on any atom is 0.236 e. The second-order valence-electron chi connectivity index (χ2n) is 7.24. The van der Waals surface area contributed by atoms with Crippen molar-refractivity contribution in [2.75, 3.05) is 25.6 Å². The summed E-state index contributed by atoms with van der Waals surface area (Å²) >= 11 is 11.6. The van der Waals surface area contributed by atoms with Crippen molar-refractivity contribution in [3.05, 3.63) is 59.1 Å². The number of carbonyl (C=O) groups is 1. The summed E-state index contributed by atoms with van der Waals surface area (Å²) in [6.45, 7) is 2.86. The van der Waals surface area contributed by atoms with Gasteiger partial charge in [0.15, 0.2) is 10.8 Å². The number of anilines is 1. The van der Waals surface area contributed by atoms with E-state index in [1.165, 1.54) is 0 Å². The Morgan fingerprint density at radius 1 is 1.31 bits per heavy atom. The average Bonchev–Trinajstić information content (AvgIpc) is 2.69. The van der Waals surface area contributed by atoms with Gasteiger partial charge in [-0.3, -0.25) is 4.79 Å². The Kier molecular flexibility index (Phi) is 5.38. The Labute approximate surface area is 180 Å². The van der Waals surface area contributed by atoms with Crippen LogP contribution in [-0.4, -0.2) is 41.9 Å². The highest BCUT2D eigenvalue weighted by Crippen LogP contribution is 2.48. The third-order valence-corrected chi connectivity index (χ3v) is 6.04. The molecule has 0 aliphatic carbocycles. The summed E-state index contributed by atoms with van der Waals surface area (Å²) in [6, 6.07) is 14.5. The van der Waals surface area contributed by atoms with Crippen molar-refractivity contribution in [3.8, 4) is 5.75 Å². The molecule has 4 rings (SSSR count). The molecule has 2 bridgehead atoms. The van der Waals surface area contributed by atoms with E-state index in [9.17, 15) is 4.79 Å². The fourth-order valence-corrected chi connectivity index (χ4v) is 4.58. The van der Waals surface area contributed by atoms with E-state index < -0.39 is 11.6 Å². The Bertz CT molecular complexity index is 939. The zero-order valence-corrected chi connectivity index (χ0v) is 17.7. The SMILES string of the molecule is COCCN1C(=S)N[C@H]2c3ccccc3O[C@@]1(C)[C@H]2C(=O)Nc1ccc(Cl)cc1. The molecular formula is C21H22ClN3O3S. The van der Waals surface area contributed by atoms with Gasteiger partial charge in [0.1, 0.15) is 11.7 Å². The van der Waals surface area contributed by atoms with Crippen LogP contribution in [0.1, 0.15) is 18.5 Å². The van der Waals surface area contributed by atoms with Gasteiger partial charge < -0.3 is 25.0 Å². The minimum Gasteiger partial charge on any atom is -0.467 e. The summed E-state index contributed by atoms with van der Waals surface area (Å²) in [7, 11) is 1.63. The van der Waals surface area contributed by atoms with Gasteiger partial charge >= 0.3 is 0 Å². The van der Waals surface area contributed by atoms with Crippen LogP contribution in [0.5, 0.6) is 5.75 Å². The molecule has 0 unspecified atom stereocenters. The van der Waals surface area contributed by atoms with Gasteiger partial charge in [-0.25, -0.2) is 0 Å². The normalized spacial score (nSPS) is 24.9. The lowest BCUT2D eigenvalue weighted by Crippen LogP contribution is -2.72. The molecule has 1 amide bonds. The topological polar surface area (TPSA) is 62.8 Å². The van der Waals surface area contributed by atoms with Crippen LogP contribution in [0, 0.1) is 5.92 Å². The third-order valence-electron chi connectivity index (χ3n) is 5.45. The second-order valence-corrected chi connectivity index (χ2v) is 8.06. The number of methoxy groups -OCH3 is 1. The number of thiocarbonyl (C=S) groups is 1. The standard InChI is InChI=1S/C21H22ClN3O3S/c1-21-17(19(26)23-14-9-7-13(22)8-10-14)18(15-5-3-4-6-16(15)28-21)24-20(29)25(21)11-12-27-2/h3-10,17-18H,11-12H2,1-2H3,(H,23,26)(H,24,29)/t17-,18+,21+/m1/s1. The molecular weight excluding hydrogens is 410 g/mol. The van der Waals surface area contributed by atoms with Gasteiger partial charge in [-0.1, -0.05) is 29.8 Å². The van der Waals surface area contributed by atoms with Crippen LogP contribution in [0.4, 0.5) is 5.69 Å². The Hall–Kier alpha value is -2.35. The molecule has 2 N–H and O–H groups in total. The maximum absolute atomic E-state index is 13.4. The van der Waals surface area contributed by atoms with E-state index in [4.69, 9.17) is 33.3 Å². The van der Waals surface area contributed by atoms with Crippen LogP contribution in [0.25, 0.3) is 0 Å². The van der Waals surface area contributed by atoms with Crippen LogP contribution in [-0.2, 0) is 9.53 Å². The number of nitrogens with one attached hydrogen (secondary N) is 2. The molecule has 0 aromatic heterocycles. The molecule has 2 aliphatic heterocycles. The molecule has 6 nitrogen and oxygen atoms in total. The Morgan fingerprint density at radius 3 is 2.76 bits per heavy atom. The molecule has 152 valence electrons. The van der Waals surface area contributed by atoms with E-state index in [1.54, 1.807) is 31.4 Å². The van der Waals surface area contributed by atoms with Crippen molar-refractivity contribution >= 4 is 40.5 Å². The van der Waals surface area contributed by atoms with Crippen LogP contribution >= 0.6 is 23.8 Å². The van der Waals surface area contributed by atoms with Crippen molar-refractivity contribution in [1.29, 1.82) is 0 Å². The first-order valence-electron chi connectivity index (χ1n) is 9.35. The predicted octanol–water partition coefficient (Wildman–Crippen LogP) is 3.58. The molecule has 8 heteroatoms. The average molecular weight is 432 g/mol. The lowest BCUT2D eigenvalue weighted by Gasteiger charge is -2.56. The molecule has 3 atom stereocenters. The first-order chi connectivity index (χ1) is 13.9. The molecule has 2 aliphatic rings. The summed E-state index contributed by atoms with van der Waals surface area (Å²) in [5.41, 5.74) is 0.622. The fourth-order valence-electron chi connectivity index (χ4n) is 4.06. The maximum atomic E-state index is 13.4. The number of para-hydroxylation sites is 1. The molecule has 0 saturated carbocycles. The lowest BCUT2D eigenvalue weighted by atomic mass is 9.79. The zero-order chi connectivity index (χ0) is 20.6. The highest BCUT2D eigenvalue weighted by atomic mass is 35.5. The number of ether oxygens (including phenoxy) is 2. The van der Waals surface area contributed by atoms with E-state index >= 15 is 0 Å². The van der Waals surface area contributed by atoms with Gasteiger partial charge in [-0.15, -0.1) is 0 Å². The first kappa shape index (κ1) is 19.9. The van der Waals surface area contributed by atoms with Crippen molar-refractivity contribution < 1.29 is 14.3 Å². The number of benzene rings is 2. The smallest absolute Gasteiger partial charge is 0.236 e. The Morgan fingerprint density at radius 2 is 2.03 bits per heavy atom. The summed E-state index contributed by atoms with van der Waals surface area (Å²) in [5, 5.41) is 7.50. The largest absolute Gasteiger partial charge is 0.467 e. The van der Waals surface area contributed by atoms with E-state index in [1.807, 2.05) is 36.1 Å². The van der Waals surface area contributed by atoms with E-state index in [2.05, 4.69) is 10.6 Å². The first-order valence-corrected chi connectivity index (χ1v) is 10.1. The molecule has 0 spiro atoms. The van der Waals surface area contributed by atoms with E-state index in [0.717, 1.165) is 11.3 Å². The molecule has 0 radical (unpaired) electrons. The van der Waals surface area contributed by atoms with Crippen molar-refractivity contribution in [3.63, 3.8) is 0 Å². The number of amides is 1. The van der Waals surface area contributed by atoms with Crippen molar-refractivity contribution in [2.24, 2.45) is 5.92 Å². The van der Waals surface area contributed by atoms with Gasteiger partial charge in [-0.2, -0.15) is 0 Å². The third kappa shape index (κ3) is 3.54. The van der Waals surface area contributed by atoms with Crippen LogP contribution < -0.4 is 15.4 Å². The number of hydrogen-bond donors (Lipinski definition) is 2. The van der Waals surface area contributed by atoms with Crippen molar-refractivity contribution in [1.82, 2.24) is 10.2 Å². The summed E-state index contributed by atoms with van der Waals surface area (Å²) in [5.74, 6) is 0.0383. The lowest BCUT2D eigenvalue weighted by molar-refractivity contribution is -0.150. The second kappa shape index (κ2) is 7.82. The quantitative estimate of drug-likeness (QED) is 0.705. The fraction of sp³-hybridized carbons (Fsp3) is 0.333. The highest BCUT2D eigenvalue weighted by Gasteiger charge is 2.58. The summed E-state index contributed by atoms with van der Waals surface area (Å²) < 4.78 is 11.7. The van der Waals surface area contributed by atoms with Gasteiger partial charge in [0.2, 0.25) is 5.91 Å². The Balaban J connectivity index is 1.73. The number of halogens is 1. The van der Waals surface area contributed by atoms with Crippen molar-refractivity contribution in [2.45, 2.75) is 18.7 Å². The minimum atomic E-state index is -0.962. The number of carbonyl (C=O) groups excluding carboxylic acids is 1. The van der Waals surface area contributed by atoms with Crippen LogP contribution in [0.15, 0.2) is 48.5 Å². The van der Waals surface area contributed by atoms with E-state index in [-0.39, 0.29) is 11.9 Å².